The van der Waals surface area contributed by atoms with E-state index in [2.05, 4.69) is 44.4 Å². The molecule has 2 aromatic heterocycles. The van der Waals surface area contributed by atoms with Crippen molar-refractivity contribution in [2.24, 2.45) is 0 Å². The molecule has 2 aliphatic heterocycles. The van der Waals surface area contributed by atoms with Gasteiger partial charge in [0.15, 0.2) is 0 Å². The number of nitrogen functional groups attached to an aromatic ring is 1. The first-order valence-corrected chi connectivity index (χ1v) is 13.3. The van der Waals surface area contributed by atoms with Crippen molar-refractivity contribution in [3.8, 4) is 17.0 Å². The number of ether oxygens (including phenoxy) is 1. The average molecular weight is 524 g/mol. The van der Waals surface area contributed by atoms with Crippen molar-refractivity contribution in [2.45, 2.75) is 19.4 Å². The third kappa shape index (κ3) is 4.48. The molecule has 0 spiro atoms. The number of hydrogen-bond acceptors (Lipinski definition) is 8. The van der Waals surface area contributed by atoms with Crippen LogP contribution in [0.1, 0.15) is 17.7 Å². The second kappa shape index (κ2) is 10.1. The van der Waals surface area contributed by atoms with Gasteiger partial charge in [0.2, 0.25) is 5.95 Å². The van der Waals surface area contributed by atoms with E-state index in [1.165, 1.54) is 5.69 Å². The van der Waals surface area contributed by atoms with Crippen LogP contribution < -0.4 is 20.7 Å². The molecule has 2 aliphatic rings. The number of fused-ring (bicyclic) bond motifs is 3. The van der Waals surface area contributed by atoms with Gasteiger partial charge in [0.25, 0.3) is 0 Å². The Kier molecular flexibility index (Phi) is 6.44. The number of rotatable bonds is 7. The molecule has 2 aromatic carbocycles. The number of methoxy groups -OCH3 is 1. The molecule has 0 atom stereocenters. The number of aryl methyl sites for hydroxylation is 1. The monoisotopic (exact) mass is 523 g/mol. The molecule has 3 N–H and O–H groups in total. The zero-order valence-corrected chi connectivity index (χ0v) is 22.4. The summed E-state index contributed by atoms with van der Waals surface area (Å²) in [6.45, 7) is 8.68. The van der Waals surface area contributed by atoms with E-state index in [4.69, 9.17) is 15.5 Å². The number of nitrogens with one attached hydrogen (secondary N) is 1. The minimum Gasteiger partial charge on any atom is -0.494 e. The van der Waals surface area contributed by atoms with Gasteiger partial charge in [0.1, 0.15) is 12.0 Å². The van der Waals surface area contributed by atoms with Gasteiger partial charge in [-0.05, 0) is 49.7 Å². The number of aldehydes is 1. The van der Waals surface area contributed by atoms with Gasteiger partial charge in [-0.3, -0.25) is 4.79 Å². The van der Waals surface area contributed by atoms with E-state index in [0.717, 1.165) is 85.3 Å². The lowest BCUT2D eigenvalue weighted by molar-refractivity contribution is -0.103. The summed E-state index contributed by atoms with van der Waals surface area (Å²) in [6, 6.07) is 11.9. The van der Waals surface area contributed by atoms with Gasteiger partial charge >= 0.3 is 0 Å². The molecule has 200 valence electrons. The van der Waals surface area contributed by atoms with Crippen LogP contribution in [0, 0.1) is 0 Å². The van der Waals surface area contributed by atoms with Crippen LogP contribution in [0.4, 0.5) is 23.0 Å². The van der Waals surface area contributed by atoms with E-state index in [1.807, 2.05) is 30.3 Å². The van der Waals surface area contributed by atoms with Crippen LogP contribution in [0.25, 0.3) is 27.7 Å². The normalized spacial score (nSPS) is 15.4. The summed E-state index contributed by atoms with van der Waals surface area (Å²) >= 11 is 0. The Morgan fingerprint density at radius 1 is 1.13 bits per heavy atom. The van der Waals surface area contributed by atoms with E-state index >= 15 is 0 Å². The molecule has 0 bridgehead atoms. The molecule has 4 heterocycles. The summed E-state index contributed by atoms with van der Waals surface area (Å²) in [5.41, 5.74) is 14.4. The Morgan fingerprint density at radius 2 is 1.95 bits per heavy atom. The van der Waals surface area contributed by atoms with Crippen molar-refractivity contribution in [1.82, 2.24) is 19.4 Å². The molecule has 6 rings (SSSR count). The van der Waals surface area contributed by atoms with Crippen LogP contribution in [0.15, 0.2) is 49.2 Å². The summed E-state index contributed by atoms with van der Waals surface area (Å²) in [6.07, 6.45) is 4.62. The number of nitrogens with zero attached hydrogens (tertiary/aromatic N) is 5. The standard InChI is InChI=1S/C30H33N7O2/c1-19(18-38)20-6-7-25-21(15-20)29(26-5-4-10-37(25)26)23-8-9-32-30(33-23)34-24-16-22(31)27(17-28(24)39-3)36-13-11-35(2)12-14-36/h6-9,15-18H,1,4-5,10-14,31H2,2-3H3,(H,32,33,34). The molecule has 0 amide bonds. The van der Waals surface area contributed by atoms with Gasteiger partial charge in [0, 0.05) is 72.7 Å². The van der Waals surface area contributed by atoms with E-state index in [1.54, 1.807) is 13.3 Å². The maximum absolute atomic E-state index is 11.4. The highest BCUT2D eigenvalue weighted by Crippen LogP contribution is 2.40. The summed E-state index contributed by atoms with van der Waals surface area (Å²) in [5.74, 6) is 1.14. The van der Waals surface area contributed by atoms with Gasteiger partial charge in [0.05, 0.1) is 29.9 Å². The number of benzene rings is 2. The van der Waals surface area contributed by atoms with Gasteiger partial charge in [-0.15, -0.1) is 0 Å². The predicted octanol–water partition coefficient (Wildman–Crippen LogP) is 4.34. The Labute approximate surface area is 227 Å². The van der Waals surface area contributed by atoms with Crippen LogP contribution in [0.3, 0.4) is 0 Å². The molecule has 0 saturated carbocycles. The first-order chi connectivity index (χ1) is 19.0. The number of allylic oxidation sites excluding steroid dienone is 1. The molecule has 4 aromatic rings. The molecule has 1 fully saturated rings. The topological polar surface area (TPSA) is 102 Å². The summed E-state index contributed by atoms with van der Waals surface area (Å²) in [7, 11) is 3.79. The molecular weight excluding hydrogens is 490 g/mol. The lowest BCUT2D eigenvalue weighted by Gasteiger charge is -2.35. The molecule has 0 unspecified atom stereocenters. The highest BCUT2D eigenvalue weighted by molar-refractivity contribution is 6.08. The van der Waals surface area contributed by atoms with Crippen molar-refractivity contribution in [1.29, 1.82) is 0 Å². The van der Waals surface area contributed by atoms with Gasteiger partial charge < -0.3 is 30.2 Å². The zero-order valence-electron chi connectivity index (χ0n) is 22.4. The van der Waals surface area contributed by atoms with Crippen molar-refractivity contribution in [2.75, 3.05) is 56.3 Å². The van der Waals surface area contributed by atoms with Crippen LogP contribution in [0.2, 0.25) is 0 Å². The second-order valence-electron chi connectivity index (χ2n) is 10.2. The minimum atomic E-state index is 0.456. The number of nitrogens with two attached hydrogens (primary N) is 1. The number of carbonyl (C=O) groups excluding carboxylic acids is 1. The van der Waals surface area contributed by atoms with Gasteiger partial charge in [-0.2, -0.15) is 0 Å². The summed E-state index contributed by atoms with van der Waals surface area (Å²) in [4.78, 5) is 25.4. The number of carbonyl (C=O) groups is 1. The maximum atomic E-state index is 11.4. The number of anilines is 4. The molecule has 1 saturated heterocycles. The van der Waals surface area contributed by atoms with E-state index in [-0.39, 0.29) is 0 Å². The number of aromatic nitrogens is 3. The third-order valence-corrected chi connectivity index (χ3v) is 7.83. The highest BCUT2D eigenvalue weighted by atomic mass is 16.5. The number of piperazine rings is 1. The van der Waals surface area contributed by atoms with Crippen LogP contribution in [-0.2, 0) is 17.8 Å². The fraction of sp³-hybridized carbons (Fsp3) is 0.300. The lowest BCUT2D eigenvalue weighted by atomic mass is 10.0. The quantitative estimate of drug-likeness (QED) is 0.210. The fourth-order valence-corrected chi connectivity index (χ4v) is 5.73. The fourth-order valence-electron chi connectivity index (χ4n) is 5.73. The van der Waals surface area contributed by atoms with Crippen molar-refractivity contribution in [3.63, 3.8) is 0 Å². The third-order valence-electron chi connectivity index (χ3n) is 7.83. The van der Waals surface area contributed by atoms with E-state index in [9.17, 15) is 4.79 Å². The Balaban J connectivity index is 1.36. The summed E-state index contributed by atoms with van der Waals surface area (Å²) < 4.78 is 8.10. The van der Waals surface area contributed by atoms with Crippen molar-refractivity contribution < 1.29 is 9.53 Å². The first kappa shape index (κ1) is 24.9. The van der Waals surface area contributed by atoms with E-state index in [0.29, 0.717) is 28.6 Å². The smallest absolute Gasteiger partial charge is 0.227 e. The van der Waals surface area contributed by atoms with E-state index < -0.39 is 0 Å². The van der Waals surface area contributed by atoms with Gasteiger partial charge in [-0.25, -0.2) is 9.97 Å². The SMILES string of the molecule is C=C(C=O)c1ccc2c(c1)c(-c1ccnc(Nc3cc(N)c(N4CCN(C)CC4)cc3OC)n1)c1n2CCC1. The molecule has 9 heteroatoms. The van der Waals surface area contributed by atoms with Crippen LogP contribution in [0.5, 0.6) is 5.75 Å². The summed E-state index contributed by atoms with van der Waals surface area (Å²) in [5, 5.41) is 4.40. The Hall–Kier alpha value is -4.37. The molecule has 0 radical (unpaired) electrons. The molecule has 0 aliphatic carbocycles. The molecular formula is C30H33N7O2. The molecule has 9 nitrogen and oxygen atoms in total. The average Bonchev–Trinajstić information content (AvgIpc) is 3.54. The van der Waals surface area contributed by atoms with Crippen LogP contribution >= 0.6 is 0 Å². The Bertz CT molecular complexity index is 1580. The highest BCUT2D eigenvalue weighted by Gasteiger charge is 2.24. The van der Waals surface area contributed by atoms with Crippen molar-refractivity contribution >= 4 is 45.8 Å². The second-order valence-corrected chi connectivity index (χ2v) is 10.2. The Morgan fingerprint density at radius 3 is 2.72 bits per heavy atom. The number of hydrogen-bond donors (Lipinski definition) is 2. The maximum Gasteiger partial charge on any atom is 0.227 e. The minimum absolute atomic E-state index is 0.456. The van der Waals surface area contributed by atoms with Crippen LogP contribution in [-0.4, -0.2) is 66.1 Å². The van der Waals surface area contributed by atoms with Crippen molar-refractivity contribution in [3.05, 3.63) is 60.4 Å². The largest absolute Gasteiger partial charge is 0.494 e. The lowest BCUT2D eigenvalue weighted by Crippen LogP contribution is -2.44. The van der Waals surface area contributed by atoms with Gasteiger partial charge in [-0.1, -0.05) is 12.6 Å². The molecule has 39 heavy (non-hydrogen) atoms. The predicted molar refractivity (Wildman–Crippen MR) is 157 cm³/mol. The number of likely N-dealkylation sites (N-methyl/N-ethyl adjacent to an activating group) is 1. The first-order valence-electron chi connectivity index (χ1n) is 13.3. The zero-order chi connectivity index (χ0) is 27.1.